The highest BCUT2D eigenvalue weighted by Crippen LogP contribution is 2.38. The molecule has 4 rings (SSSR count). The maximum absolute atomic E-state index is 9.92. The zero-order chi connectivity index (χ0) is 14.4. The maximum Gasteiger partial charge on any atom is 0.231 e. The number of piperidine rings is 1. The van der Waals surface area contributed by atoms with Gasteiger partial charge < -0.3 is 14.9 Å². The number of hydrogen-bond acceptors (Lipinski definition) is 6. The van der Waals surface area contributed by atoms with Crippen molar-refractivity contribution >= 4 is 23.5 Å². The van der Waals surface area contributed by atoms with Crippen LogP contribution >= 0.6 is 11.6 Å². The first-order chi connectivity index (χ1) is 10.2. The number of anilines is 2. The second-order valence-corrected chi connectivity index (χ2v) is 6.65. The highest BCUT2D eigenvalue weighted by Gasteiger charge is 2.42. The molecule has 114 valence electrons. The second-order valence-electron chi connectivity index (χ2n) is 6.32. The van der Waals surface area contributed by atoms with Crippen molar-refractivity contribution in [2.45, 2.75) is 56.7 Å². The van der Waals surface area contributed by atoms with Crippen LogP contribution in [0.5, 0.6) is 0 Å². The van der Waals surface area contributed by atoms with Gasteiger partial charge in [-0.05, 0) is 50.1 Å². The van der Waals surface area contributed by atoms with Crippen molar-refractivity contribution in [3.63, 3.8) is 0 Å². The van der Waals surface area contributed by atoms with Crippen LogP contribution in [0, 0.1) is 0 Å². The molecule has 1 aromatic heterocycles. The molecule has 6 nitrogen and oxygen atoms in total. The Morgan fingerprint density at radius 3 is 2.24 bits per heavy atom. The molecular weight excluding hydrogens is 290 g/mol. The SMILES string of the molecule is OC1CC2CCC(C1)N2c1nc(Cl)nc(N2CCCC2)n1. The summed E-state index contributed by atoms with van der Waals surface area (Å²) in [5, 5.41) is 10.2. The largest absolute Gasteiger partial charge is 0.393 e. The lowest BCUT2D eigenvalue weighted by atomic mass is 10.0. The highest BCUT2D eigenvalue weighted by atomic mass is 35.5. The Kier molecular flexibility index (Phi) is 3.38. The first kappa shape index (κ1) is 13.5. The van der Waals surface area contributed by atoms with E-state index in [1.165, 1.54) is 12.8 Å². The van der Waals surface area contributed by atoms with E-state index >= 15 is 0 Å². The number of hydrogen-bond donors (Lipinski definition) is 1. The van der Waals surface area contributed by atoms with E-state index < -0.39 is 0 Å². The molecule has 0 aromatic carbocycles. The van der Waals surface area contributed by atoms with Gasteiger partial charge >= 0.3 is 0 Å². The van der Waals surface area contributed by atoms with E-state index in [0.717, 1.165) is 38.8 Å². The topological polar surface area (TPSA) is 65.4 Å². The molecule has 0 saturated carbocycles. The number of aliphatic hydroxyl groups is 1. The lowest BCUT2D eigenvalue weighted by molar-refractivity contribution is 0.125. The molecule has 1 N–H and O–H groups in total. The summed E-state index contributed by atoms with van der Waals surface area (Å²) in [5.41, 5.74) is 0. The molecule has 2 bridgehead atoms. The summed E-state index contributed by atoms with van der Waals surface area (Å²) >= 11 is 6.13. The van der Waals surface area contributed by atoms with Crippen molar-refractivity contribution in [1.82, 2.24) is 15.0 Å². The lowest BCUT2D eigenvalue weighted by Crippen LogP contribution is -2.45. The van der Waals surface area contributed by atoms with Crippen molar-refractivity contribution in [2.75, 3.05) is 22.9 Å². The number of aliphatic hydroxyl groups excluding tert-OH is 1. The summed E-state index contributed by atoms with van der Waals surface area (Å²) < 4.78 is 0. The number of rotatable bonds is 2. The second kappa shape index (κ2) is 5.25. The van der Waals surface area contributed by atoms with E-state index in [1.807, 2.05) is 0 Å². The third-order valence-corrected chi connectivity index (χ3v) is 5.08. The van der Waals surface area contributed by atoms with Crippen LogP contribution in [-0.2, 0) is 0 Å². The average Bonchev–Trinajstić information content (AvgIpc) is 3.05. The minimum Gasteiger partial charge on any atom is -0.393 e. The average molecular weight is 310 g/mol. The van der Waals surface area contributed by atoms with Crippen LogP contribution in [-0.4, -0.2) is 51.3 Å². The molecule has 3 aliphatic heterocycles. The van der Waals surface area contributed by atoms with Crippen LogP contribution in [0.25, 0.3) is 0 Å². The van der Waals surface area contributed by atoms with Crippen LogP contribution in [0.1, 0.15) is 38.5 Å². The first-order valence-corrected chi connectivity index (χ1v) is 8.21. The zero-order valence-electron chi connectivity index (χ0n) is 12.0. The van der Waals surface area contributed by atoms with Gasteiger partial charge in [0.1, 0.15) is 0 Å². The van der Waals surface area contributed by atoms with Crippen LogP contribution in [0.3, 0.4) is 0 Å². The molecule has 0 spiro atoms. The highest BCUT2D eigenvalue weighted by molar-refractivity contribution is 6.28. The van der Waals surface area contributed by atoms with Crippen LogP contribution in [0.15, 0.2) is 0 Å². The standard InChI is InChI=1S/C14H20ClN5O/c15-12-16-13(19-5-1-2-6-19)18-14(17-12)20-9-3-4-10(20)8-11(21)7-9/h9-11,21H,1-8H2. The minimum absolute atomic E-state index is 0.186. The minimum atomic E-state index is -0.186. The third-order valence-electron chi connectivity index (χ3n) is 4.91. The molecular formula is C14H20ClN5O. The van der Waals surface area contributed by atoms with Crippen molar-refractivity contribution < 1.29 is 5.11 Å². The normalized spacial score (nSPS) is 32.0. The summed E-state index contributed by atoms with van der Waals surface area (Å²) in [6.45, 7) is 1.98. The van der Waals surface area contributed by atoms with Crippen LogP contribution in [0.4, 0.5) is 11.9 Å². The molecule has 21 heavy (non-hydrogen) atoms. The predicted molar refractivity (Wildman–Crippen MR) is 80.8 cm³/mol. The Hall–Kier alpha value is -1.14. The van der Waals surface area contributed by atoms with Crippen molar-refractivity contribution in [1.29, 1.82) is 0 Å². The molecule has 2 unspecified atom stereocenters. The van der Waals surface area contributed by atoms with Crippen molar-refractivity contribution in [3.05, 3.63) is 5.28 Å². The molecule has 0 radical (unpaired) electrons. The summed E-state index contributed by atoms with van der Waals surface area (Å²) in [6, 6.07) is 0.673. The predicted octanol–water partition coefficient (Wildman–Crippen LogP) is 1.62. The molecule has 0 aliphatic carbocycles. The Labute approximate surface area is 129 Å². The molecule has 3 aliphatic rings. The van der Waals surface area contributed by atoms with Gasteiger partial charge in [0.25, 0.3) is 0 Å². The van der Waals surface area contributed by atoms with Gasteiger partial charge in [-0.25, -0.2) is 0 Å². The third kappa shape index (κ3) is 2.44. The van der Waals surface area contributed by atoms with Gasteiger partial charge in [-0.1, -0.05) is 0 Å². The van der Waals surface area contributed by atoms with Gasteiger partial charge in [0, 0.05) is 25.2 Å². The smallest absolute Gasteiger partial charge is 0.231 e. The molecule has 1 aromatic rings. The van der Waals surface area contributed by atoms with Crippen LogP contribution in [0.2, 0.25) is 5.28 Å². The van der Waals surface area contributed by atoms with Gasteiger partial charge in [-0.2, -0.15) is 15.0 Å². The molecule has 0 amide bonds. The summed E-state index contributed by atoms with van der Waals surface area (Å²) in [5.74, 6) is 1.39. The van der Waals surface area contributed by atoms with Crippen molar-refractivity contribution in [2.24, 2.45) is 0 Å². The zero-order valence-corrected chi connectivity index (χ0v) is 12.7. The van der Waals surface area contributed by atoms with Gasteiger partial charge in [0.15, 0.2) is 0 Å². The van der Waals surface area contributed by atoms with Gasteiger partial charge in [0.05, 0.1) is 6.10 Å². The summed E-state index contributed by atoms with van der Waals surface area (Å²) in [7, 11) is 0. The lowest BCUT2D eigenvalue weighted by Gasteiger charge is -2.37. The molecule has 4 heterocycles. The van der Waals surface area contributed by atoms with E-state index in [0.29, 0.717) is 24.0 Å². The number of fused-ring (bicyclic) bond motifs is 2. The summed E-state index contributed by atoms with van der Waals surface area (Å²) in [4.78, 5) is 17.8. The number of aromatic nitrogens is 3. The Morgan fingerprint density at radius 1 is 0.952 bits per heavy atom. The van der Waals surface area contributed by atoms with Gasteiger partial charge in [-0.15, -0.1) is 0 Å². The number of halogens is 1. The molecule has 2 atom stereocenters. The Bertz CT molecular complexity index is 522. The van der Waals surface area contributed by atoms with E-state index in [2.05, 4.69) is 24.8 Å². The maximum atomic E-state index is 9.92. The van der Waals surface area contributed by atoms with Gasteiger partial charge in [-0.3, -0.25) is 0 Å². The Morgan fingerprint density at radius 2 is 1.57 bits per heavy atom. The van der Waals surface area contributed by atoms with Gasteiger partial charge in [0.2, 0.25) is 17.2 Å². The first-order valence-electron chi connectivity index (χ1n) is 7.83. The van der Waals surface area contributed by atoms with Crippen LogP contribution < -0.4 is 9.80 Å². The monoisotopic (exact) mass is 309 g/mol. The fourth-order valence-corrected chi connectivity index (χ4v) is 4.13. The fourth-order valence-electron chi connectivity index (χ4n) is 3.98. The molecule has 3 saturated heterocycles. The molecule has 3 fully saturated rings. The number of nitrogens with zero attached hydrogens (tertiary/aromatic N) is 5. The van der Waals surface area contributed by atoms with E-state index in [1.54, 1.807) is 0 Å². The van der Waals surface area contributed by atoms with E-state index in [-0.39, 0.29) is 11.4 Å². The van der Waals surface area contributed by atoms with Crippen molar-refractivity contribution in [3.8, 4) is 0 Å². The Balaban J connectivity index is 1.65. The van der Waals surface area contributed by atoms with E-state index in [4.69, 9.17) is 11.6 Å². The van der Waals surface area contributed by atoms with E-state index in [9.17, 15) is 5.11 Å². The molecule has 7 heteroatoms. The summed E-state index contributed by atoms with van der Waals surface area (Å²) in [6.07, 6.45) is 5.99. The fraction of sp³-hybridized carbons (Fsp3) is 0.786. The quantitative estimate of drug-likeness (QED) is 0.895.